The molecule has 0 N–H and O–H groups in total. The van der Waals surface area contributed by atoms with Gasteiger partial charge in [0.05, 0.1) is 17.7 Å². The van der Waals surface area contributed by atoms with E-state index in [1.54, 1.807) is 44.2 Å². The van der Waals surface area contributed by atoms with E-state index in [1.165, 1.54) is 6.92 Å². The largest absolute Gasteiger partial charge is 0.452 e. The van der Waals surface area contributed by atoms with Gasteiger partial charge in [-0.2, -0.15) is 0 Å². The molecule has 1 aromatic rings. The van der Waals surface area contributed by atoms with Crippen molar-refractivity contribution in [2.24, 2.45) is 11.0 Å². The van der Waals surface area contributed by atoms with Gasteiger partial charge in [-0.15, -0.1) is 0 Å². The molecule has 5 atom stereocenters. The van der Waals surface area contributed by atoms with E-state index in [2.05, 4.69) is 10.0 Å². The summed E-state index contributed by atoms with van der Waals surface area (Å²) in [4.78, 5) is 26.4. The average Bonchev–Trinajstić information content (AvgIpc) is 2.55. The lowest BCUT2D eigenvalue weighted by Gasteiger charge is -2.41. The van der Waals surface area contributed by atoms with Crippen molar-refractivity contribution in [2.75, 3.05) is 0 Å². The molecule has 8 heteroatoms. The molecule has 0 spiro atoms. The quantitative estimate of drug-likeness (QED) is 0.364. The van der Waals surface area contributed by atoms with Crippen LogP contribution >= 0.6 is 0 Å². The van der Waals surface area contributed by atoms with Crippen molar-refractivity contribution in [3.63, 3.8) is 0 Å². The second-order valence-electron chi connectivity index (χ2n) is 5.61. The summed E-state index contributed by atoms with van der Waals surface area (Å²) in [5.74, 6) is -1.51. The highest BCUT2D eigenvalue weighted by Crippen LogP contribution is 2.31. The van der Waals surface area contributed by atoms with E-state index in [-0.39, 0.29) is 5.92 Å². The summed E-state index contributed by atoms with van der Waals surface area (Å²) in [6.45, 7) is 4.72. The van der Waals surface area contributed by atoms with Gasteiger partial charge in [0.2, 0.25) is 6.29 Å². The fraction of sp³-hybridized carbons (Fsp3) is 0.500. The van der Waals surface area contributed by atoms with Crippen LogP contribution in [0.4, 0.5) is 0 Å². The predicted molar refractivity (Wildman–Crippen MR) is 83.8 cm³/mol. The average molecular weight is 333 g/mol. The maximum Gasteiger partial charge on any atom is 0.338 e. The van der Waals surface area contributed by atoms with Gasteiger partial charge < -0.3 is 14.2 Å². The molecule has 0 radical (unpaired) electrons. The maximum absolute atomic E-state index is 12.3. The number of ether oxygens (including phenoxy) is 3. The van der Waals surface area contributed by atoms with E-state index >= 15 is 0 Å². The number of carbonyl (C=O) groups excluding carboxylic acids is 2. The van der Waals surface area contributed by atoms with Gasteiger partial charge in [0, 0.05) is 17.8 Å². The first-order chi connectivity index (χ1) is 11.4. The molecule has 2 rings (SSSR count). The standard InChI is InChI=1S/C16H19N3O5/c1-9-13(18-19-17)10(2)22-16(23-11(3)20)14(9)24-15(21)12-7-5-4-6-8-12/h4-10,13-14,16H,1-3H3/t9-,10?,13-,14?,16+/m0/s1. The van der Waals surface area contributed by atoms with Gasteiger partial charge in [-0.25, -0.2) is 4.79 Å². The van der Waals surface area contributed by atoms with E-state index in [0.29, 0.717) is 5.56 Å². The minimum Gasteiger partial charge on any atom is -0.452 e. The Morgan fingerprint density at radius 1 is 1.21 bits per heavy atom. The zero-order chi connectivity index (χ0) is 17.7. The first-order valence-corrected chi connectivity index (χ1v) is 7.57. The Labute approximate surface area is 139 Å². The van der Waals surface area contributed by atoms with Gasteiger partial charge >= 0.3 is 11.9 Å². The Hall–Kier alpha value is -2.57. The molecule has 0 aliphatic carbocycles. The normalized spacial score (nSPS) is 29.2. The molecule has 1 saturated heterocycles. The van der Waals surface area contributed by atoms with Crippen LogP contribution in [-0.4, -0.2) is 36.5 Å². The van der Waals surface area contributed by atoms with Crippen LogP contribution in [0.15, 0.2) is 35.4 Å². The van der Waals surface area contributed by atoms with Crippen molar-refractivity contribution < 1.29 is 23.8 Å². The third-order valence-corrected chi connectivity index (χ3v) is 3.87. The molecule has 8 nitrogen and oxygen atoms in total. The second-order valence-corrected chi connectivity index (χ2v) is 5.61. The van der Waals surface area contributed by atoms with Crippen LogP contribution < -0.4 is 0 Å². The van der Waals surface area contributed by atoms with Crippen LogP contribution in [-0.2, 0) is 19.0 Å². The fourth-order valence-electron chi connectivity index (χ4n) is 2.69. The van der Waals surface area contributed by atoms with Crippen LogP contribution in [0.1, 0.15) is 31.1 Å². The third kappa shape index (κ3) is 4.04. The lowest BCUT2D eigenvalue weighted by Crippen LogP contribution is -2.54. The van der Waals surface area contributed by atoms with Crippen molar-refractivity contribution in [3.05, 3.63) is 46.3 Å². The lowest BCUT2D eigenvalue weighted by molar-refractivity contribution is -0.247. The summed E-state index contributed by atoms with van der Waals surface area (Å²) in [5.41, 5.74) is 9.09. The van der Waals surface area contributed by atoms with Crippen LogP contribution in [0.2, 0.25) is 0 Å². The molecule has 128 valence electrons. The van der Waals surface area contributed by atoms with Gasteiger partial charge in [-0.3, -0.25) is 4.79 Å². The van der Waals surface area contributed by atoms with Gasteiger partial charge in [0.1, 0.15) is 0 Å². The molecule has 0 bridgehead atoms. The van der Waals surface area contributed by atoms with E-state index in [1.807, 2.05) is 0 Å². The number of nitrogens with zero attached hydrogens (tertiary/aromatic N) is 3. The highest BCUT2D eigenvalue weighted by atomic mass is 16.7. The first kappa shape index (κ1) is 17.8. The summed E-state index contributed by atoms with van der Waals surface area (Å²) < 4.78 is 16.2. The summed E-state index contributed by atoms with van der Waals surface area (Å²) in [5, 5.41) is 3.71. The first-order valence-electron chi connectivity index (χ1n) is 7.57. The summed E-state index contributed by atoms with van der Waals surface area (Å²) in [7, 11) is 0. The number of esters is 2. The Morgan fingerprint density at radius 3 is 2.46 bits per heavy atom. The van der Waals surface area contributed by atoms with Crippen molar-refractivity contribution in [1.29, 1.82) is 0 Å². The van der Waals surface area contributed by atoms with E-state index in [9.17, 15) is 9.59 Å². The van der Waals surface area contributed by atoms with Gasteiger partial charge in [-0.1, -0.05) is 30.2 Å². The molecule has 1 aromatic carbocycles. The summed E-state index contributed by atoms with van der Waals surface area (Å²) in [6.07, 6.45) is -2.41. The number of azide groups is 1. The number of hydrogen-bond donors (Lipinski definition) is 0. The molecule has 0 aromatic heterocycles. The highest BCUT2D eigenvalue weighted by Gasteiger charge is 2.45. The fourth-order valence-corrected chi connectivity index (χ4v) is 2.69. The molecule has 1 aliphatic heterocycles. The van der Waals surface area contributed by atoms with Crippen LogP contribution in [0.3, 0.4) is 0 Å². The summed E-state index contributed by atoms with van der Waals surface area (Å²) >= 11 is 0. The van der Waals surface area contributed by atoms with Gasteiger partial charge in [0.15, 0.2) is 6.10 Å². The predicted octanol–water partition coefficient (Wildman–Crippen LogP) is 2.83. The van der Waals surface area contributed by atoms with Gasteiger partial charge in [0.25, 0.3) is 0 Å². The lowest BCUT2D eigenvalue weighted by atomic mass is 9.89. The van der Waals surface area contributed by atoms with Crippen molar-refractivity contribution in [3.8, 4) is 0 Å². The van der Waals surface area contributed by atoms with Crippen LogP contribution in [0.5, 0.6) is 0 Å². The number of benzene rings is 1. The molecular weight excluding hydrogens is 314 g/mol. The third-order valence-electron chi connectivity index (χ3n) is 3.87. The Kier molecular flexibility index (Phi) is 5.78. The molecule has 0 amide bonds. The van der Waals surface area contributed by atoms with Crippen molar-refractivity contribution in [2.45, 2.75) is 45.3 Å². The molecular formula is C16H19N3O5. The Morgan fingerprint density at radius 2 is 1.88 bits per heavy atom. The monoisotopic (exact) mass is 333 g/mol. The molecule has 24 heavy (non-hydrogen) atoms. The highest BCUT2D eigenvalue weighted by molar-refractivity contribution is 5.89. The number of hydrogen-bond acceptors (Lipinski definition) is 6. The van der Waals surface area contributed by atoms with E-state index in [4.69, 9.17) is 19.7 Å². The number of carbonyl (C=O) groups is 2. The molecule has 2 unspecified atom stereocenters. The molecule has 1 aliphatic rings. The Balaban J connectivity index is 2.24. The zero-order valence-corrected chi connectivity index (χ0v) is 13.7. The molecule has 0 saturated carbocycles. The molecule has 1 heterocycles. The molecule has 1 fully saturated rings. The Bertz CT molecular complexity index is 642. The van der Waals surface area contributed by atoms with Gasteiger partial charge in [-0.05, 0) is 24.6 Å². The van der Waals surface area contributed by atoms with Crippen molar-refractivity contribution in [1.82, 2.24) is 0 Å². The van der Waals surface area contributed by atoms with Crippen LogP contribution in [0.25, 0.3) is 10.4 Å². The minimum absolute atomic E-state index is 0.366. The van der Waals surface area contributed by atoms with E-state index in [0.717, 1.165) is 0 Å². The smallest absolute Gasteiger partial charge is 0.338 e. The topological polar surface area (TPSA) is 111 Å². The van der Waals surface area contributed by atoms with Crippen LogP contribution in [0, 0.1) is 5.92 Å². The van der Waals surface area contributed by atoms with E-state index < -0.39 is 36.5 Å². The summed E-state index contributed by atoms with van der Waals surface area (Å²) in [6, 6.07) is 7.90. The SMILES string of the molecule is CC(=O)O[C@H]1OC(C)[C@@H](N=[N+]=[N-])[C@H](C)C1OC(=O)c1ccccc1. The second kappa shape index (κ2) is 7.81. The van der Waals surface area contributed by atoms with Crippen molar-refractivity contribution >= 4 is 11.9 Å². The number of rotatable bonds is 4. The zero-order valence-electron chi connectivity index (χ0n) is 13.7. The minimum atomic E-state index is -1.05. The maximum atomic E-state index is 12.3.